The molecule has 8 heteroatoms. The van der Waals surface area contributed by atoms with Crippen LogP contribution < -0.4 is 15.5 Å². The summed E-state index contributed by atoms with van der Waals surface area (Å²) in [5.41, 5.74) is 1.06. The number of hydrogen-bond acceptors (Lipinski definition) is 6. The fourth-order valence-corrected chi connectivity index (χ4v) is 3.02. The summed E-state index contributed by atoms with van der Waals surface area (Å²) < 4.78 is 10.6. The number of nitrogens with one attached hydrogen (secondary N) is 2. The first-order valence-electron chi connectivity index (χ1n) is 8.98. The molecule has 1 aliphatic rings. The lowest BCUT2D eigenvalue weighted by atomic mass is 10.2. The number of rotatable bonds is 6. The van der Waals surface area contributed by atoms with Crippen molar-refractivity contribution in [2.24, 2.45) is 0 Å². The number of amides is 2. The van der Waals surface area contributed by atoms with E-state index < -0.39 is 0 Å². The first-order chi connectivity index (χ1) is 13.0. The number of ether oxygens (including phenoxy) is 1. The predicted octanol–water partition coefficient (Wildman–Crippen LogP) is 2.05. The highest BCUT2D eigenvalue weighted by Crippen LogP contribution is 2.19. The summed E-state index contributed by atoms with van der Waals surface area (Å²) in [5, 5.41) is 5.45. The van der Waals surface area contributed by atoms with E-state index in [2.05, 4.69) is 20.5 Å². The number of anilines is 2. The molecule has 1 saturated heterocycles. The molecule has 2 aromatic heterocycles. The molecule has 1 aliphatic heterocycles. The highest BCUT2D eigenvalue weighted by atomic mass is 16.5. The third-order valence-corrected chi connectivity index (χ3v) is 4.20. The molecule has 0 aromatic carbocycles. The van der Waals surface area contributed by atoms with Crippen LogP contribution in [-0.4, -0.2) is 48.6 Å². The Hall–Kier alpha value is -2.87. The maximum atomic E-state index is 12.0. The molecule has 3 heterocycles. The summed E-state index contributed by atoms with van der Waals surface area (Å²) in [5.74, 6) is 0.407. The van der Waals surface area contributed by atoms with E-state index in [9.17, 15) is 9.59 Å². The van der Waals surface area contributed by atoms with E-state index in [1.807, 2.05) is 26.0 Å². The third kappa shape index (κ3) is 5.30. The lowest BCUT2D eigenvalue weighted by molar-refractivity contribution is -0.116. The Kier molecular flexibility index (Phi) is 6.08. The van der Waals surface area contributed by atoms with Crippen LogP contribution in [0.2, 0.25) is 0 Å². The molecule has 0 saturated carbocycles. The van der Waals surface area contributed by atoms with Crippen LogP contribution in [0.5, 0.6) is 0 Å². The van der Waals surface area contributed by atoms with E-state index in [-0.39, 0.29) is 37.0 Å². The molecule has 0 radical (unpaired) electrons. The van der Waals surface area contributed by atoms with E-state index in [0.717, 1.165) is 18.9 Å². The van der Waals surface area contributed by atoms with Crippen molar-refractivity contribution in [1.29, 1.82) is 0 Å². The molecular formula is C19H24N4O4. The van der Waals surface area contributed by atoms with Crippen LogP contribution in [-0.2, 0) is 9.53 Å². The van der Waals surface area contributed by atoms with E-state index in [0.29, 0.717) is 11.3 Å². The first kappa shape index (κ1) is 18.9. The summed E-state index contributed by atoms with van der Waals surface area (Å²) in [4.78, 5) is 30.4. The topological polar surface area (TPSA) is 96.7 Å². The van der Waals surface area contributed by atoms with Crippen LogP contribution in [0.1, 0.15) is 30.6 Å². The van der Waals surface area contributed by atoms with Crippen LogP contribution in [0.15, 0.2) is 41.3 Å². The fraction of sp³-hybridized carbons (Fsp3) is 0.421. The molecule has 2 amide bonds. The molecule has 3 rings (SSSR count). The fourth-order valence-electron chi connectivity index (χ4n) is 3.02. The summed E-state index contributed by atoms with van der Waals surface area (Å²) >= 11 is 0. The quantitative estimate of drug-likeness (QED) is 0.806. The van der Waals surface area contributed by atoms with E-state index in [1.54, 1.807) is 12.3 Å². The minimum Gasteiger partial charge on any atom is -0.472 e. The summed E-state index contributed by atoms with van der Waals surface area (Å²) in [7, 11) is 0. The summed E-state index contributed by atoms with van der Waals surface area (Å²) in [6.07, 6.45) is 4.92. The van der Waals surface area contributed by atoms with Crippen molar-refractivity contribution < 1.29 is 18.7 Å². The highest BCUT2D eigenvalue weighted by molar-refractivity contribution is 5.94. The Balaban J connectivity index is 1.45. The molecule has 2 N–H and O–H groups in total. The van der Waals surface area contributed by atoms with Crippen molar-refractivity contribution >= 4 is 23.3 Å². The Labute approximate surface area is 157 Å². The number of morpholine rings is 1. The van der Waals surface area contributed by atoms with Crippen LogP contribution >= 0.6 is 0 Å². The molecule has 0 bridgehead atoms. The van der Waals surface area contributed by atoms with Gasteiger partial charge in [-0.1, -0.05) is 0 Å². The van der Waals surface area contributed by atoms with E-state index in [4.69, 9.17) is 9.15 Å². The van der Waals surface area contributed by atoms with Crippen molar-refractivity contribution in [2.75, 3.05) is 29.9 Å². The van der Waals surface area contributed by atoms with Crippen molar-refractivity contribution in [1.82, 2.24) is 10.3 Å². The number of carbonyl (C=O) groups is 2. The second kappa shape index (κ2) is 8.68. The maximum absolute atomic E-state index is 12.0. The number of aromatic nitrogens is 1. The molecule has 0 spiro atoms. The van der Waals surface area contributed by atoms with Crippen LogP contribution in [0.3, 0.4) is 0 Å². The van der Waals surface area contributed by atoms with Gasteiger partial charge < -0.3 is 24.7 Å². The van der Waals surface area contributed by atoms with Gasteiger partial charge in [0.25, 0.3) is 5.91 Å². The smallest absolute Gasteiger partial charge is 0.254 e. The standard InChI is InChI=1S/C19H24N4O4/c1-13-10-23(11-14(2)27-13)17-4-3-16(9-21-17)22-18(24)5-7-20-19(25)15-6-8-26-12-15/h3-4,6,8-9,12-14H,5,7,10-11H2,1-2H3,(H,20,25)(H,22,24)/t13-,14-/m0/s1. The molecule has 144 valence electrons. The lowest BCUT2D eigenvalue weighted by Crippen LogP contribution is -2.45. The van der Waals surface area contributed by atoms with Gasteiger partial charge in [-0.3, -0.25) is 9.59 Å². The number of furan rings is 1. The van der Waals surface area contributed by atoms with Gasteiger partial charge in [-0.2, -0.15) is 0 Å². The van der Waals surface area contributed by atoms with Gasteiger partial charge >= 0.3 is 0 Å². The van der Waals surface area contributed by atoms with Crippen molar-refractivity contribution in [2.45, 2.75) is 32.5 Å². The molecule has 2 aromatic rings. The number of pyridine rings is 1. The Morgan fingerprint density at radius 2 is 2.00 bits per heavy atom. The van der Waals surface area contributed by atoms with Gasteiger partial charge in [0.2, 0.25) is 5.91 Å². The molecule has 0 aliphatic carbocycles. The highest BCUT2D eigenvalue weighted by Gasteiger charge is 2.23. The zero-order valence-electron chi connectivity index (χ0n) is 15.5. The average molecular weight is 372 g/mol. The average Bonchev–Trinajstić information content (AvgIpc) is 3.16. The van der Waals surface area contributed by atoms with Crippen LogP contribution in [0, 0.1) is 0 Å². The normalized spacial score (nSPS) is 19.6. The first-order valence-corrected chi connectivity index (χ1v) is 8.98. The minimum atomic E-state index is -0.267. The number of carbonyl (C=O) groups excluding carboxylic acids is 2. The molecule has 0 unspecified atom stereocenters. The van der Waals surface area contributed by atoms with E-state index >= 15 is 0 Å². The zero-order valence-corrected chi connectivity index (χ0v) is 15.5. The Morgan fingerprint density at radius 3 is 2.63 bits per heavy atom. The molecule has 2 atom stereocenters. The largest absolute Gasteiger partial charge is 0.472 e. The van der Waals surface area contributed by atoms with Crippen molar-refractivity contribution in [3.8, 4) is 0 Å². The molecule has 8 nitrogen and oxygen atoms in total. The summed E-state index contributed by atoms with van der Waals surface area (Å²) in [6, 6.07) is 5.29. The minimum absolute atomic E-state index is 0.159. The van der Waals surface area contributed by atoms with Crippen molar-refractivity contribution in [3.05, 3.63) is 42.5 Å². The Morgan fingerprint density at radius 1 is 1.22 bits per heavy atom. The number of hydrogen-bond donors (Lipinski definition) is 2. The molecule has 1 fully saturated rings. The van der Waals surface area contributed by atoms with Gasteiger partial charge in [-0.05, 0) is 32.0 Å². The second-order valence-electron chi connectivity index (χ2n) is 6.63. The van der Waals surface area contributed by atoms with Gasteiger partial charge in [0.1, 0.15) is 12.1 Å². The molecule has 27 heavy (non-hydrogen) atoms. The van der Waals surface area contributed by atoms with Crippen LogP contribution in [0.4, 0.5) is 11.5 Å². The van der Waals surface area contributed by atoms with Gasteiger partial charge in [0.15, 0.2) is 0 Å². The third-order valence-electron chi connectivity index (χ3n) is 4.20. The van der Waals surface area contributed by atoms with Gasteiger partial charge in [0, 0.05) is 26.1 Å². The van der Waals surface area contributed by atoms with Gasteiger partial charge in [0.05, 0.1) is 35.9 Å². The number of nitrogens with zero attached hydrogens (tertiary/aromatic N) is 2. The van der Waals surface area contributed by atoms with Crippen molar-refractivity contribution in [3.63, 3.8) is 0 Å². The zero-order chi connectivity index (χ0) is 19.2. The second-order valence-corrected chi connectivity index (χ2v) is 6.63. The lowest BCUT2D eigenvalue weighted by Gasteiger charge is -2.36. The monoisotopic (exact) mass is 372 g/mol. The summed E-state index contributed by atoms with van der Waals surface area (Å²) in [6.45, 7) is 5.91. The Bertz CT molecular complexity index is 751. The SMILES string of the molecule is C[C@H]1CN(c2ccc(NC(=O)CCNC(=O)c3ccoc3)cn2)C[C@H](C)O1. The van der Waals surface area contributed by atoms with E-state index in [1.165, 1.54) is 12.5 Å². The maximum Gasteiger partial charge on any atom is 0.254 e. The predicted molar refractivity (Wildman–Crippen MR) is 101 cm³/mol. The van der Waals surface area contributed by atoms with Crippen LogP contribution in [0.25, 0.3) is 0 Å². The van der Waals surface area contributed by atoms with Gasteiger partial charge in [-0.25, -0.2) is 4.98 Å². The molecular weight excluding hydrogens is 348 g/mol. The van der Waals surface area contributed by atoms with Gasteiger partial charge in [-0.15, -0.1) is 0 Å².